The van der Waals surface area contributed by atoms with E-state index < -0.39 is 69.8 Å². The van der Waals surface area contributed by atoms with E-state index in [1.54, 1.807) is 0 Å². The lowest BCUT2D eigenvalue weighted by atomic mass is 10.1. The Bertz CT molecular complexity index is 827. The first kappa shape index (κ1) is 18.3. The van der Waals surface area contributed by atoms with Crippen molar-refractivity contribution in [3.8, 4) is 5.75 Å². The first-order valence-electron chi connectivity index (χ1n) is 6.68. The number of ether oxygens (including phenoxy) is 1. The molecule has 0 N–H and O–H groups in total. The van der Waals surface area contributed by atoms with Crippen molar-refractivity contribution in [1.29, 1.82) is 0 Å². The van der Waals surface area contributed by atoms with E-state index in [4.69, 9.17) is 4.74 Å². The summed E-state index contributed by atoms with van der Waals surface area (Å²) in [5.41, 5.74) is -1.69. The molecular formula is C15H8F5NO4. The second-order valence-electron chi connectivity index (χ2n) is 4.75. The summed E-state index contributed by atoms with van der Waals surface area (Å²) in [6.45, 7) is 0. The number of rotatable bonds is 5. The molecule has 0 heterocycles. The topological polar surface area (TPSA) is 69.4 Å². The zero-order valence-corrected chi connectivity index (χ0v) is 12.2. The van der Waals surface area contributed by atoms with E-state index in [0.29, 0.717) is 0 Å². The van der Waals surface area contributed by atoms with Gasteiger partial charge in [0.05, 0.1) is 11.3 Å². The van der Waals surface area contributed by atoms with Crippen LogP contribution in [0.5, 0.6) is 5.75 Å². The lowest BCUT2D eigenvalue weighted by molar-refractivity contribution is -0.385. The number of hydrogen-bond donors (Lipinski definition) is 0. The van der Waals surface area contributed by atoms with Crippen LogP contribution in [0.4, 0.5) is 27.6 Å². The minimum absolute atomic E-state index is 0.407. The summed E-state index contributed by atoms with van der Waals surface area (Å²) < 4.78 is 70.7. The molecule has 0 aliphatic heterocycles. The molecule has 0 radical (unpaired) electrons. The van der Waals surface area contributed by atoms with Gasteiger partial charge in [0.2, 0.25) is 11.6 Å². The fourth-order valence-corrected chi connectivity index (χ4v) is 1.96. The predicted octanol–water partition coefficient (Wildman–Crippen LogP) is 3.83. The Morgan fingerprint density at radius 3 is 2.04 bits per heavy atom. The van der Waals surface area contributed by atoms with Crippen molar-refractivity contribution in [2.45, 2.75) is 12.8 Å². The molecule has 0 aliphatic carbocycles. The molecule has 0 bridgehead atoms. The van der Waals surface area contributed by atoms with Crippen molar-refractivity contribution in [2.75, 3.05) is 0 Å². The number of esters is 1. The number of nitrogens with zero attached hydrogens (tertiary/aromatic N) is 1. The molecule has 10 heteroatoms. The number of benzene rings is 2. The maximum absolute atomic E-state index is 13.5. The van der Waals surface area contributed by atoms with Gasteiger partial charge in [-0.3, -0.25) is 14.9 Å². The monoisotopic (exact) mass is 361 g/mol. The molecule has 0 aromatic heterocycles. The fraction of sp³-hybridized carbons (Fsp3) is 0.133. The number of carbonyl (C=O) groups excluding carboxylic acids is 1. The van der Waals surface area contributed by atoms with E-state index in [2.05, 4.69) is 0 Å². The Hall–Kier alpha value is -3.04. The molecule has 2 aromatic carbocycles. The molecule has 132 valence electrons. The Labute approximate surface area is 136 Å². The second kappa shape index (κ2) is 7.24. The van der Waals surface area contributed by atoms with Gasteiger partial charge in [0.15, 0.2) is 23.3 Å². The highest BCUT2D eigenvalue weighted by molar-refractivity contribution is 5.74. The summed E-state index contributed by atoms with van der Waals surface area (Å²) in [4.78, 5) is 21.6. The molecular weight excluding hydrogens is 353 g/mol. The molecule has 25 heavy (non-hydrogen) atoms. The van der Waals surface area contributed by atoms with Gasteiger partial charge in [0.1, 0.15) is 0 Å². The zero-order chi connectivity index (χ0) is 18.7. The molecule has 0 amide bonds. The fourth-order valence-electron chi connectivity index (χ4n) is 1.96. The average molecular weight is 361 g/mol. The molecule has 2 aromatic rings. The largest absolute Gasteiger partial charge is 0.419 e. The van der Waals surface area contributed by atoms with Crippen LogP contribution in [0.25, 0.3) is 0 Å². The number of nitro groups is 1. The van der Waals surface area contributed by atoms with E-state index in [-0.39, 0.29) is 0 Å². The molecule has 0 fully saturated rings. The Morgan fingerprint density at radius 1 is 0.960 bits per heavy atom. The Kier molecular flexibility index (Phi) is 5.30. The van der Waals surface area contributed by atoms with Crippen LogP contribution in [0.3, 0.4) is 0 Å². The molecule has 0 unspecified atom stereocenters. The molecule has 0 aliphatic rings. The summed E-state index contributed by atoms with van der Waals surface area (Å²) in [5.74, 6) is -12.2. The molecule has 0 saturated heterocycles. The van der Waals surface area contributed by atoms with Gasteiger partial charge in [0, 0.05) is 11.6 Å². The lowest BCUT2D eigenvalue weighted by Gasteiger charge is -2.08. The molecule has 0 atom stereocenters. The van der Waals surface area contributed by atoms with E-state index >= 15 is 0 Å². The number of nitro benzene ring substituents is 1. The van der Waals surface area contributed by atoms with Gasteiger partial charge in [-0.25, -0.2) is 22.0 Å². The van der Waals surface area contributed by atoms with Crippen molar-refractivity contribution in [3.63, 3.8) is 0 Å². The van der Waals surface area contributed by atoms with Crippen LogP contribution in [0.2, 0.25) is 0 Å². The van der Waals surface area contributed by atoms with Crippen LogP contribution in [-0.2, 0) is 11.2 Å². The quantitative estimate of drug-likeness (QED) is 0.154. The predicted molar refractivity (Wildman–Crippen MR) is 73.3 cm³/mol. The maximum Gasteiger partial charge on any atom is 0.311 e. The van der Waals surface area contributed by atoms with E-state index in [9.17, 15) is 36.9 Å². The molecule has 0 saturated carbocycles. The second-order valence-corrected chi connectivity index (χ2v) is 4.75. The average Bonchev–Trinajstić information content (AvgIpc) is 2.58. The minimum Gasteiger partial charge on any atom is -0.419 e. The van der Waals surface area contributed by atoms with Gasteiger partial charge in [-0.1, -0.05) is 12.1 Å². The van der Waals surface area contributed by atoms with Gasteiger partial charge >= 0.3 is 11.7 Å². The van der Waals surface area contributed by atoms with Crippen LogP contribution in [0, 0.1) is 39.2 Å². The summed E-state index contributed by atoms with van der Waals surface area (Å²) in [5, 5.41) is 10.8. The first-order chi connectivity index (χ1) is 11.7. The van der Waals surface area contributed by atoms with Crippen LogP contribution < -0.4 is 4.74 Å². The number of halogens is 5. The standard InChI is InChI=1S/C15H8F5NO4/c16-11-7(12(17)14(19)15(20)13(11)18)5-6-10(22)25-9-4-2-1-3-8(9)21(23)24/h1-4H,5-6H2. The SMILES string of the molecule is O=C(CCc1c(F)c(F)c(F)c(F)c1F)Oc1ccccc1[N+](=O)[O-]. The zero-order valence-electron chi connectivity index (χ0n) is 12.2. The Morgan fingerprint density at radius 2 is 1.48 bits per heavy atom. The minimum atomic E-state index is -2.30. The van der Waals surface area contributed by atoms with E-state index in [0.717, 1.165) is 12.1 Å². The van der Waals surface area contributed by atoms with Crippen LogP contribution in [0.1, 0.15) is 12.0 Å². The third kappa shape index (κ3) is 3.73. The normalized spacial score (nSPS) is 10.6. The number of para-hydroxylation sites is 2. The third-order valence-corrected chi connectivity index (χ3v) is 3.17. The van der Waals surface area contributed by atoms with Crippen molar-refractivity contribution in [2.24, 2.45) is 0 Å². The number of hydrogen-bond acceptors (Lipinski definition) is 4. The molecule has 2 rings (SSSR count). The summed E-state index contributed by atoms with van der Waals surface area (Å²) in [6.07, 6.45) is -1.60. The highest BCUT2D eigenvalue weighted by Gasteiger charge is 2.26. The maximum atomic E-state index is 13.5. The van der Waals surface area contributed by atoms with Crippen molar-refractivity contribution >= 4 is 11.7 Å². The van der Waals surface area contributed by atoms with Gasteiger partial charge in [0.25, 0.3) is 0 Å². The summed E-state index contributed by atoms with van der Waals surface area (Å²) >= 11 is 0. The summed E-state index contributed by atoms with van der Waals surface area (Å²) in [7, 11) is 0. The Balaban J connectivity index is 2.16. The highest BCUT2D eigenvalue weighted by atomic mass is 19.2. The summed E-state index contributed by atoms with van der Waals surface area (Å²) in [6, 6.07) is 4.85. The van der Waals surface area contributed by atoms with Crippen LogP contribution in [0.15, 0.2) is 24.3 Å². The van der Waals surface area contributed by atoms with Gasteiger partial charge < -0.3 is 4.74 Å². The highest BCUT2D eigenvalue weighted by Crippen LogP contribution is 2.27. The van der Waals surface area contributed by atoms with E-state index in [1.807, 2.05) is 0 Å². The lowest BCUT2D eigenvalue weighted by Crippen LogP contribution is -2.13. The first-order valence-corrected chi connectivity index (χ1v) is 6.68. The van der Waals surface area contributed by atoms with E-state index in [1.165, 1.54) is 12.1 Å². The van der Waals surface area contributed by atoms with Gasteiger partial charge in [-0.15, -0.1) is 0 Å². The van der Waals surface area contributed by atoms with Crippen LogP contribution >= 0.6 is 0 Å². The van der Waals surface area contributed by atoms with Gasteiger partial charge in [-0.05, 0) is 12.5 Å². The third-order valence-electron chi connectivity index (χ3n) is 3.17. The van der Waals surface area contributed by atoms with Crippen molar-refractivity contribution in [3.05, 3.63) is 69.0 Å². The van der Waals surface area contributed by atoms with Crippen LogP contribution in [-0.4, -0.2) is 10.9 Å². The number of carbonyl (C=O) groups is 1. The van der Waals surface area contributed by atoms with Gasteiger partial charge in [-0.2, -0.15) is 0 Å². The van der Waals surface area contributed by atoms with Crippen molar-refractivity contribution in [1.82, 2.24) is 0 Å². The van der Waals surface area contributed by atoms with Crippen molar-refractivity contribution < 1.29 is 36.4 Å². The smallest absolute Gasteiger partial charge is 0.311 e. The molecule has 0 spiro atoms. The molecule has 5 nitrogen and oxygen atoms in total.